The maximum Gasteiger partial charge on any atom is 0.227 e. The van der Waals surface area contributed by atoms with Gasteiger partial charge in [-0.2, -0.15) is 0 Å². The molecule has 0 aliphatic heterocycles. The van der Waals surface area contributed by atoms with E-state index in [2.05, 4.69) is 32.6 Å². The van der Waals surface area contributed by atoms with Gasteiger partial charge in [-0.1, -0.05) is 35.3 Å². The Bertz CT molecular complexity index is 1420. The summed E-state index contributed by atoms with van der Waals surface area (Å²) < 4.78 is 12.9. The number of aromatic nitrogens is 1. The number of halogens is 3. The zero-order valence-electron chi connectivity index (χ0n) is 15.9. The molecule has 0 amide bonds. The van der Waals surface area contributed by atoms with Gasteiger partial charge in [-0.3, -0.25) is 4.99 Å². The fourth-order valence-corrected chi connectivity index (χ4v) is 3.74. The van der Waals surface area contributed by atoms with Gasteiger partial charge in [0.2, 0.25) is 5.89 Å². The summed E-state index contributed by atoms with van der Waals surface area (Å²) in [4.78, 5) is 9.07. The van der Waals surface area contributed by atoms with Gasteiger partial charge in [0.25, 0.3) is 0 Å². The van der Waals surface area contributed by atoms with E-state index in [0.717, 1.165) is 22.6 Å². The lowest BCUT2D eigenvalue weighted by Gasteiger charge is -1.97. The number of hydrogen-bond donors (Lipinski definition) is 0. The van der Waals surface area contributed by atoms with Crippen molar-refractivity contribution in [3.8, 4) is 22.8 Å². The van der Waals surface area contributed by atoms with E-state index in [1.807, 2.05) is 60.7 Å². The minimum absolute atomic E-state index is 0.453. The Hall–Kier alpha value is -2.61. The van der Waals surface area contributed by atoms with Crippen LogP contribution in [-0.4, -0.2) is 11.2 Å². The summed E-state index contributed by atoms with van der Waals surface area (Å²) in [5, 5.41) is 0.941. The predicted octanol–water partition coefficient (Wildman–Crippen LogP) is 8.42. The second-order valence-corrected chi connectivity index (χ2v) is 8.83. The number of hydrogen-bond acceptors (Lipinski definition) is 4. The number of aliphatic imine (C=N–C) groups is 1. The summed E-state index contributed by atoms with van der Waals surface area (Å²) in [6, 6.07) is 22.8. The van der Waals surface area contributed by atoms with Gasteiger partial charge < -0.3 is 8.83 Å². The van der Waals surface area contributed by atoms with Crippen LogP contribution in [0.1, 0.15) is 5.76 Å². The standard InChI is InChI=1S/C24H13Cl2IN2O2/c25-19-8-3-15(11-20(19)26)24-29-21-12-17(6-9-23(21)31-24)28-13-18-7-10-22(30-18)14-1-4-16(27)5-2-14/h1-13H. The van der Waals surface area contributed by atoms with E-state index >= 15 is 0 Å². The Morgan fingerprint density at radius 1 is 0.806 bits per heavy atom. The van der Waals surface area contributed by atoms with Crippen LogP contribution in [0.3, 0.4) is 0 Å². The maximum atomic E-state index is 6.11. The van der Waals surface area contributed by atoms with Gasteiger partial charge in [0.05, 0.1) is 21.9 Å². The molecule has 0 aliphatic rings. The molecule has 0 bridgehead atoms. The molecule has 152 valence electrons. The molecule has 0 fully saturated rings. The first-order chi connectivity index (χ1) is 15.0. The molecule has 0 unspecified atom stereocenters. The molecule has 0 N–H and O–H groups in total. The summed E-state index contributed by atoms with van der Waals surface area (Å²) in [6.07, 6.45) is 1.69. The molecule has 0 saturated heterocycles. The normalized spacial score (nSPS) is 11.6. The van der Waals surface area contributed by atoms with Crippen molar-refractivity contribution in [2.24, 2.45) is 4.99 Å². The Morgan fingerprint density at radius 3 is 2.42 bits per heavy atom. The molecule has 5 aromatic rings. The van der Waals surface area contributed by atoms with E-state index in [0.29, 0.717) is 32.8 Å². The number of oxazole rings is 1. The second-order valence-electron chi connectivity index (χ2n) is 6.77. The molecule has 0 atom stereocenters. The number of nitrogens with zero attached hydrogens (tertiary/aromatic N) is 2. The highest BCUT2D eigenvalue weighted by molar-refractivity contribution is 14.1. The van der Waals surface area contributed by atoms with Crippen LogP contribution < -0.4 is 0 Å². The molecule has 3 aromatic carbocycles. The summed E-state index contributed by atoms with van der Waals surface area (Å²) >= 11 is 14.4. The van der Waals surface area contributed by atoms with Gasteiger partial charge in [0, 0.05) is 14.7 Å². The quantitative estimate of drug-likeness (QED) is 0.164. The highest BCUT2D eigenvalue weighted by Crippen LogP contribution is 2.31. The monoisotopic (exact) mass is 558 g/mol. The Labute approximate surface area is 201 Å². The first-order valence-corrected chi connectivity index (χ1v) is 11.1. The van der Waals surface area contributed by atoms with Crippen molar-refractivity contribution in [1.82, 2.24) is 4.98 Å². The largest absolute Gasteiger partial charge is 0.455 e. The van der Waals surface area contributed by atoms with Crippen molar-refractivity contribution in [2.45, 2.75) is 0 Å². The lowest BCUT2D eigenvalue weighted by atomic mass is 10.2. The predicted molar refractivity (Wildman–Crippen MR) is 134 cm³/mol. The smallest absolute Gasteiger partial charge is 0.227 e. The molecule has 0 spiro atoms. The topological polar surface area (TPSA) is 51.5 Å². The molecular formula is C24H13Cl2IN2O2. The van der Waals surface area contributed by atoms with Crippen LogP contribution in [0.2, 0.25) is 10.0 Å². The molecule has 4 nitrogen and oxygen atoms in total. The van der Waals surface area contributed by atoms with Gasteiger partial charge in [-0.15, -0.1) is 0 Å². The van der Waals surface area contributed by atoms with Crippen molar-refractivity contribution < 1.29 is 8.83 Å². The molecule has 0 aliphatic carbocycles. The summed E-state index contributed by atoms with van der Waals surface area (Å²) in [7, 11) is 0. The number of furan rings is 1. The van der Waals surface area contributed by atoms with Gasteiger partial charge >= 0.3 is 0 Å². The second kappa shape index (κ2) is 8.49. The van der Waals surface area contributed by atoms with Gasteiger partial charge in [-0.05, 0) is 83.3 Å². The molecule has 5 rings (SSSR count). The lowest BCUT2D eigenvalue weighted by Crippen LogP contribution is -1.78. The third kappa shape index (κ3) is 4.39. The SMILES string of the molecule is Clc1ccc(-c2nc3cc(N=Cc4ccc(-c5ccc(I)cc5)o4)ccc3o2)cc1Cl. The minimum Gasteiger partial charge on any atom is -0.455 e. The van der Waals surface area contributed by atoms with E-state index in [1.54, 1.807) is 18.3 Å². The fourth-order valence-electron chi connectivity index (χ4n) is 3.08. The third-order valence-corrected chi connectivity index (χ3v) is 6.09. The molecule has 2 heterocycles. The highest BCUT2D eigenvalue weighted by Gasteiger charge is 2.10. The van der Waals surface area contributed by atoms with Crippen molar-refractivity contribution in [3.05, 3.63) is 92.2 Å². The van der Waals surface area contributed by atoms with E-state index in [9.17, 15) is 0 Å². The highest BCUT2D eigenvalue weighted by atomic mass is 127. The zero-order chi connectivity index (χ0) is 21.4. The molecule has 2 aromatic heterocycles. The number of fused-ring (bicyclic) bond motifs is 1. The van der Waals surface area contributed by atoms with E-state index in [4.69, 9.17) is 32.0 Å². The molecular weight excluding hydrogens is 546 g/mol. The van der Waals surface area contributed by atoms with Gasteiger partial charge in [0.15, 0.2) is 5.58 Å². The van der Waals surface area contributed by atoms with Crippen molar-refractivity contribution in [1.29, 1.82) is 0 Å². The Kier molecular flexibility index (Phi) is 5.56. The molecule has 7 heteroatoms. The average Bonchev–Trinajstić information content (AvgIpc) is 3.41. The number of rotatable bonds is 4. The van der Waals surface area contributed by atoms with Crippen LogP contribution in [0, 0.1) is 3.57 Å². The van der Waals surface area contributed by atoms with Crippen molar-refractivity contribution in [2.75, 3.05) is 0 Å². The van der Waals surface area contributed by atoms with Crippen LogP contribution in [0.4, 0.5) is 5.69 Å². The van der Waals surface area contributed by atoms with Crippen LogP contribution in [0.25, 0.3) is 33.9 Å². The number of benzene rings is 3. The summed E-state index contributed by atoms with van der Waals surface area (Å²) in [5.41, 5.74) is 3.90. The maximum absolute atomic E-state index is 6.11. The van der Waals surface area contributed by atoms with Crippen LogP contribution in [-0.2, 0) is 0 Å². The fraction of sp³-hybridized carbons (Fsp3) is 0. The Morgan fingerprint density at radius 2 is 1.61 bits per heavy atom. The first kappa shape index (κ1) is 20.3. The lowest BCUT2D eigenvalue weighted by molar-refractivity contribution is 0.575. The van der Waals surface area contributed by atoms with Crippen molar-refractivity contribution in [3.63, 3.8) is 0 Å². The minimum atomic E-state index is 0.453. The van der Waals surface area contributed by atoms with E-state index in [-0.39, 0.29) is 0 Å². The van der Waals surface area contributed by atoms with Crippen molar-refractivity contribution >= 4 is 68.8 Å². The van der Waals surface area contributed by atoms with E-state index < -0.39 is 0 Å². The molecule has 0 radical (unpaired) electrons. The summed E-state index contributed by atoms with van der Waals surface area (Å²) in [6.45, 7) is 0. The molecule has 31 heavy (non-hydrogen) atoms. The third-order valence-electron chi connectivity index (χ3n) is 4.63. The summed E-state index contributed by atoms with van der Waals surface area (Å²) in [5.74, 6) is 1.95. The van der Waals surface area contributed by atoms with Crippen LogP contribution in [0.15, 0.2) is 86.6 Å². The average molecular weight is 559 g/mol. The Balaban J connectivity index is 1.39. The molecule has 0 saturated carbocycles. The van der Waals surface area contributed by atoms with Gasteiger partial charge in [0.1, 0.15) is 17.0 Å². The van der Waals surface area contributed by atoms with Crippen LogP contribution in [0.5, 0.6) is 0 Å². The van der Waals surface area contributed by atoms with Crippen LogP contribution >= 0.6 is 45.8 Å². The van der Waals surface area contributed by atoms with E-state index in [1.165, 1.54) is 3.57 Å². The first-order valence-electron chi connectivity index (χ1n) is 9.31. The van der Waals surface area contributed by atoms with Gasteiger partial charge in [-0.25, -0.2) is 4.98 Å². The zero-order valence-corrected chi connectivity index (χ0v) is 19.5.